The van der Waals surface area contributed by atoms with E-state index in [-0.39, 0.29) is 5.92 Å². The molecule has 0 bridgehead atoms. The third-order valence-corrected chi connectivity index (χ3v) is 5.66. The van der Waals surface area contributed by atoms with Gasteiger partial charge in [0.2, 0.25) is 5.91 Å². The first-order chi connectivity index (χ1) is 12.3. The Morgan fingerprint density at radius 3 is 2.60 bits per heavy atom. The van der Waals surface area contributed by atoms with Crippen LogP contribution in [0.3, 0.4) is 0 Å². The number of amides is 1. The van der Waals surface area contributed by atoms with Crippen molar-refractivity contribution in [2.24, 2.45) is 11.8 Å². The first-order valence-electron chi connectivity index (χ1n) is 9.80. The van der Waals surface area contributed by atoms with Gasteiger partial charge in [-0.15, -0.1) is 0 Å². The van der Waals surface area contributed by atoms with Crippen molar-refractivity contribution < 1.29 is 9.53 Å². The molecule has 1 aromatic carbocycles. The molecular weight excluding hydrogens is 312 g/mol. The highest BCUT2D eigenvalue weighted by Gasteiger charge is 2.31. The van der Waals surface area contributed by atoms with Crippen LogP contribution in [-0.4, -0.2) is 62.1 Å². The molecule has 0 radical (unpaired) electrons. The standard InChI is InChI=1S/C21H32N2O2/c1-25-17-19-15-22(12-11-18-7-3-2-4-8-18)13-14-23(16-19)21(24)20-9-5-6-10-20/h2-4,7-8,19-20H,5-6,9-17H2,1H3/t19-/m1/s1. The molecule has 1 saturated carbocycles. The number of carbonyl (C=O) groups excluding carboxylic acids is 1. The van der Waals surface area contributed by atoms with Crippen LogP contribution < -0.4 is 0 Å². The largest absolute Gasteiger partial charge is 0.384 e. The van der Waals surface area contributed by atoms with Gasteiger partial charge in [0, 0.05) is 51.7 Å². The van der Waals surface area contributed by atoms with Crippen LogP contribution in [0.2, 0.25) is 0 Å². The highest BCUT2D eigenvalue weighted by molar-refractivity contribution is 5.79. The maximum Gasteiger partial charge on any atom is 0.225 e. The Morgan fingerprint density at radius 2 is 1.88 bits per heavy atom. The first-order valence-corrected chi connectivity index (χ1v) is 9.80. The van der Waals surface area contributed by atoms with Crippen LogP contribution >= 0.6 is 0 Å². The summed E-state index contributed by atoms with van der Waals surface area (Å²) < 4.78 is 5.44. The van der Waals surface area contributed by atoms with Crippen LogP contribution in [0.15, 0.2) is 30.3 Å². The molecule has 2 aliphatic rings. The zero-order chi connectivity index (χ0) is 17.5. The number of hydrogen-bond donors (Lipinski definition) is 0. The van der Waals surface area contributed by atoms with Gasteiger partial charge in [-0.3, -0.25) is 4.79 Å². The van der Waals surface area contributed by atoms with Gasteiger partial charge in [0.05, 0.1) is 6.61 Å². The summed E-state index contributed by atoms with van der Waals surface area (Å²) in [6.45, 7) is 5.50. The average Bonchev–Trinajstić information content (AvgIpc) is 3.10. The topological polar surface area (TPSA) is 32.8 Å². The van der Waals surface area contributed by atoms with Gasteiger partial charge in [0.25, 0.3) is 0 Å². The quantitative estimate of drug-likeness (QED) is 0.795. The third kappa shape index (κ3) is 5.29. The SMILES string of the molecule is COC[C@@H]1CN(CCc2ccccc2)CCN(C(=O)C2CCCC2)C1. The number of hydrogen-bond acceptors (Lipinski definition) is 3. The molecule has 1 aliphatic heterocycles. The molecule has 1 heterocycles. The fourth-order valence-corrected chi connectivity index (χ4v) is 4.29. The van der Waals surface area contributed by atoms with E-state index in [1.54, 1.807) is 7.11 Å². The summed E-state index contributed by atoms with van der Waals surface area (Å²) >= 11 is 0. The molecule has 2 fully saturated rings. The molecule has 4 heteroatoms. The molecule has 0 unspecified atom stereocenters. The maximum absolute atomic E-state index is 12.9. The van der Waals surface area contributed by atoms with Crippen molar-refractivity contribution in [1.82, 2.24) is 9.80 Å². The van der Waals surface area contributed by atoms with Crippen molar-refractivity contribution in [1.29, 1.82) is 0 Å². The van der Waals surface area contributed by atoms with Gasteiger partial charge >= 0.3 is 0 Å². The molecular formula is C21H32N2O2. The number of rotatable bonds is 6. The van der Waals surface area contributed by atoms with Gasteiger partial charge in [0.15, 0.2) is 0 Å². The van der Waals surface area contributed by atoms with E-state index in [2.05, 4.69) is 40.1 Å². The van der Waals surface area contributed by atoms with Crippen molar-refractivity contribution in [2.45, 2.75) is 32.1 Å². The number of carbonyl (C=O) groups is 1. The minimum Gasteiger partial charge on any atom is -0.384 e. The van der Waals surface area contributed by atoms with E-state index in [4.69, 9.17) is 4.74 Å². The predicted molar refractivity (Wildman–Crippen MR) is 100 cm³/mol. The van der Waals surface area contributed by atoms with Gasteiger partial charge in [-0.2, -0.15) is 0 Å². The number of methoxy groups -OCH3 is 1. The van der Waals surface area contributed by atoms with Gasteiger partial charge in [-0.1, -0.05) is 43.2 Å². The van der Waals surface area contributed by atoms with Crippen LogP contribution in [-0.2, 0) is 16.0 Å². The fraction of sp³-hybridized carbons (Fsp3) is 0.667. The molecule has 0 aromatic heterocycles. The lowest BCUT2D eigenvalue weighted by Crippen LogP contribution is -2.40. The van der Waals surface area contributed by atoms with Crippen LogP contribution in [0, 0.1) is 11.8 Å². The van der Waals surface area contributed by atoms with Crippen molar-refractivity contribution >= 4 is 5.91 Å². The molecule has 0 N–H and O–H groups in total. The summed E-state index contributed by atoms with van der Waals surface area (Å²) in [5.41, 5.74) is 1.38. The van der Waals surface area contributed by atoms with E-state index >= 15 is 0 Å². The summed E-state index contributed by atoms with van der Waals surface area (Å²) in [6.07, 6.45) is 5.67. The second-order valence-corrected chi connectivity index (χ2v) is 7.62. The summed E-state index contributed by atoms with van der Waals surface area (Å²) in [6, 6.07) is 10.7. The fourth-order valence-electron chi connectivity index (χ4n) is 4.29. The lowest BCUT2D eigenvalue weighted by atomic mass is 10.1. The van der Waals surface area contributed by atoms with E-state index in [9.17, 15) is 4.79 Å². The van der Waals surface area contributed by atoms with Gasteiger partial charge in [-0.25, -0.2) is 0 Å². The van der Waals surface area contributed by atoms with E-state index in [1.807, 2.05) is 0 Å². The van der Waals surface area contributed by atoms with Crippen molar-refractivity contribution in [3.8, 4) is 0 Å². The minimum absolute atomic E-state index is 0.277. The lowest BCUT2D eigenvalue weighted by Gasteiger charge is -2.26. The van der Waals surface area contributed by atoms with Gasteiger partial charge in [0.1, 0.15) is 0 Å². The smallest absolute Gasteiger partial charge is 0.225 e. The first kappa shape index (κ1) is 18.4. The van der Waals surface area contributed by atoms with Gasteiger partial charge in [-0.05, 0) is 24.8 Å². The monoisotopic (exact) mass is 344 g/mol. The molecule has 0 spiro atoms. The Hall–Kier alpha value is -1.39. The highest BCUT2D eigenvalue weighted by Crippen LogP contribution is 2.27. The summed E-state index contributed by atoms with van der Waals surface area (Å²) in [5.74, 6) is 1.08. The second kappa shape index (κ2) is 9.35. The van der Waals surface area contributed by atoms with E-state index in [1.165, 1.54) is 18.4 Å². The third-order valence-electron chi connectivity index (χ3n) is 5.66. The van der Waals surface area contributed by atoms with E-state index in [0.717, 1.165) is 58.6 Å². The lowest BCUT2D eigenvalue weighted by molar-refractivity contribution is -0.135. The Balaban J connectivity index is 1.58. The molecule has 4 nitrogen and oxygen atoms in total. The van der Waals surface area contributed by atoms with E-state index in [0.29, 0.717) is 11.8 Å². The molecule has 1 amide bonds. The second-order valence-electron chi connectivity index (χ2n) is 7.62. The Bertz CT molecular complexity index is 528. The highest BCUT2D eigenvalue weighted by atomic mass is 16.5. The molecule has 25 heavy (non-hydrogen) atoms. The molecule has 138 valence electrons. The van der Waals surface area contributed by atoms with Crippen molar-refractivity contribution in [3.05, 3.63) is 35.9 Å². The number of nitrogens with zero attached hydrogens (tertiary/aromatic N) is 2. The van der Waals surface area contributed by atoms with Crippen LogP contribution in [0.5, 0.6) is 0 Å². The van der Waals surface area contributed by atoms with Crippen molar-refractivity contribution in [2.75, 3.05) is 46.4 Å². The van der Waals surface area contributed by atoms with Crippen LogP contribution in [0.1, 0.15) is 31.2 Å². The molecule has 3 rings (SSSR count). The summed E-state index contributed by atoms with van der Waals surface area (Å²) in [7, 11) is 1.77. The summed E-state index contributed by atoms with van der Waals surface area (Å²) in [4.78, 5) is 17.5. The zero-order valence-corrected chi connectivity index (χ0v) is 15.5. The Kier molecular flexibility index (Phi) is 6.88. The summed E-state index contributed by atoms with van der Waals surface area (Å²) in [5, 5.41) is 0. The number of ether oxygens (including phenoxy) is 1. The normalized spacial score (nSPS) is 22.9. The Morgan fingerprint density at radius 1 is 1.12 bits per heavy atom. The number of benzene rings is 1. The van der Waals surface area contributed by atoms with Gasteiger partial charge < -0.3 is 14.5 Å². The Labute approximate surface area is 152 Å². The zero-order valence-electron chi connectivity index (χ0n) is 15.5. The average molecular weight is 344 g/mol. The van der Waals surface area contributed by atoms with Crippen molar-refractivity contribution in [3.63, 3.8) is 0 Å². The molecule has 1 aromatic rings. The molecule has 1 aliphatic carbocycles. The van der Waals surface area contributed by atoms with Crippen LogP contribution in [0.4, 0.5) is 0 Å². The molecule has 1 atom stereocenters. The minimum atomic E-state index is 0.277. The predicted octanol–water partition coefficient (Wildman–Crippen LogP) is 2.83. The van der Waals surface area contributed by atoms with Crippen LogP contribution in [0.25, 0.3) is 0 Å². The maximum atomic E-state index is 12.9. The van der Waals surface area contributed by atoms with E-state index < -0.39 is 0 Å². The molecule has 1 saturated heterocycles.